The van der Waals surface area contributed by atoms with E-state index in [0.29, 0.717) is 39.8 Å². The van der Waals surface area contributed by atoms with Crippen LogP contribution in [0.2, 0.25) is 5.02 Å². The minimum Gasteiger partial charge on any atom is -0.490 e. The topological polar surface area (TPSA) is 75.7 Å². The lowest BCUT2D eigenvalue weighted by atomic mass is 9.62. The number of carbonyl (C=O) groups excluding carboxylic acids is 3. The van der Waals surface area contributed by atoms with Crippen LogP contribution < -0.4 is 10.1 Å². The summed E-state index contributed by atoms with van der Waals surface area (Å²) < 4.78 is 5.64. The second-order valence-electron chi connectivity index (χ2n) is 10.9. The number of ketones is 2. The highest BCUT2D eigenvalue weighted by atomic mass is 35.5. The Kier molecular flexibility index (Phi) is 6.51. The van der Waals surface area contributed by atoms with Gasteiger partial charge in [0.05, 0.1) is 12.0 Å². The molecule has 1 fully saturated rings. The van der Waals surface area contributed by atoms with Crippen LogP contribution in [0.5, 0.6) is 5.75 Å². The first-order chi connectivity index (χ1) is 20.9. The summed E-state index contributed by atoms with van der Waals surface area (Å²) in [5, 5.41) is 3.57. The number of halogens is 1. The molecule has 0 bridgehead atoms. The van der Waals surface area contributed by atoms with Gasteiger partial charge in [0.15, 0.2) is 11.6 Å². The third-order valence-corrected chi connectivity index (χ3v) is 9.01. The Balaban J connectivity index is 1.47. The van der Waals surface area contributed by atoms with Gasteiger partial charge in [-0.2, -0.15) is 0 Å². The van der Waals surface area contributed by atoms with E-state index in [9.17, 15) is 14.4 Å². The number of hydrogen-bond acceptors (Lipinski definition) is 5. The number of carbonyl (C=O) groups is 3. The molecular weight excluding hydrogens is 560 g/mol. The number of Topliss-reactive ketones (excluding diaryl/α,β-unsaturated/α-hetero) is 2. The number of ether oxygens (including phenoxy) is 1. The second kappa shape index (κ2) is 10.4. The van der Waals surface area contributed by atoms with Crippen molar-refractivity contribution in [2.24, 2.45) is 5.92 Å². The SMILES string of the molecule is C=CCOc1ccc(C(=O)[C@H]2[C@H](C(=O)c3ccc(Cl)cc3)N3C=Cc4ccccc4[C@@H]3[C@]23C(=O)Nc2ccccc23)cc1. The van der Waals surface area contributed by atoms with Gasteiger partial charge < -0.3 is 15.0 Å². The molecule has 3 aliphatic rings. The van der Waals surface area contributed by atoms with Crippen LogP contribution in [0.15, 0.2) is 116 Å². The fraction of sp³-hybridized carbons (Fsp3) is 0.139. The number of amides is 1. The van der Waals surface area contributed by atoms with Crippen LogP contribution in [0.4, 0.5) is 5.69 Å². The van der Waals surface area contributed by atoms with Crippen molar-refractivity contribution in [1.82, 2.24) is 4.90 Å². The Morgan fingerprint density at radius 1 is 0.907 bits per heavy atom. The average Bonchev–Trinajstić information content (AvgIpc) is 3.52. The number of para-hydroxylation sites is 1. The normalized spacial score (nSPS) is 22.9. The molecule has 0 unspecified atom stereocenters. The van der Waals surface area contributed by atoms with Crippen LogP contribution >= 0.6 is 11.6 Å². The third-order valence-electron chi connectivity index (χ3n) is 8.76. The van der Waals surface area contributed by atoms with Crippen LogP contribution in [-0.4, -0.2) is 35.0 Å². The number of anilines is 1. The van der Waals surface area contributed by atoms with E-state index in [0.717, 1.165) is 11.1 Å². The lowest BCUT2D eigenvalue weighted by Gasteiger charge is -2.38. The zero-order valence-corrected chi connectivity index (χ0v) is 23.8. The number of hydrogen-bond donors (Lipinski definition) is 1. The van der Waals surface area contributed by atoms with Crippen molar-refractivity contribution >= 4 is 40.8 Å². The molecule has 6 nitrogen and oxygen atoms in total. The lowest BCUT2D eigenvalue weighted by molar-refractivity contribution is -0.122. The average molecular weight is 587 g/mol. The van der Waals surface area contributed by atoms with E-state index in [4.69, 9.17) is 16.3 Å². The molecule has 1 saturated heterocycles. The lowest BCUT2D eigenvalue weighted by Crippen LogP contribution is -2.49. The van der Waals surface area contributed by atoms with Gasteiger partial charge >= 0.3 is 0 Å². The summed E-state index contributed by atoms with van der Waals surface area (Å²) in [5.41, 5.74) is 2.58. The molecule has 212 valence electrons. The molecule has 4 aromatic carbocycles. The fourth-order valence-electron chi connectivity index (χ4n) is 7.00. The standard InChI is InChI=1S/C36H27ClN2O4/c1-2-21-43-26-17-13-23(14-18-26)32(40)30-31(33(41)24-11-15-25(37)16-12-24)39-20-19-22-7-3-4-8-27(22)34(39)36(30)28-9-5-6-10-29(28)38-35(36)42/h2-20,30-31,34H,1,21H2,(H,38,42)/t30-,31-,34-,36-/m1/s1. The fourth-order valence-corrected chi connectivity index (χ4v) is 7.13. The van der Waals surface area contributed by atoms with Gasteiger partial charge in [0.25, 0.3) is 0 Å². The van der Waals surface area contributed by atoms with Crippen LogP contribution in [0.3, 0.4) is 0 Å². The van der Waals surface area contributed by atoms with Crippen molar-refractivity contribution < 1.29 is 19.1 Å². The van der Waals surface area contributed by atoms with Crippen LogP contribution in [0.25, 0.3) is 6.08 Å². The highest BCUT2D eigenvalue weighted by Gasteiger charge is 2.70. The highest BCUT2D eigenvalue weighted by molar-refractivity contribution is 6.30. The Labute approximate surface area is 254 Å². The van der Waals surface area contributed by atoms with Crippen molar-refractivity contribution in [2.45, 2.75) is 17.5 Å². The van der Waals surface area contributed by atoms with E-state index < -0.39 is 23.4 Å². The zero-order valence-electron chi connectivity index (χ0n) is 23.1. The first-order valence-electron chi connectivity index (χ1n) is 14.1. The number of nitrogens with one attached hydrogen (secondary N) is 1. The predicted octanol–water partition coefficient (Wildman–Crippen LogP) is 6.89. The third kappa shape index (κ3) is 4.05. The maximum Gasteiger partial charge on any atom is 0.238 e. The summed E-state index contributed by atoms with van der Waals surface area (Å²) in [4.78, 5) is 45.9. The monoisotopic (exact) mass is 586 g/mol. The van der Waals surface area contributed by atoms with Crippen molar-refractivity contribution in [3.63, 3.8) is 0 Å². The van der Waals surface area contributed by atoms with Crippen molar-refractivity contribution in [1.29, 1.82) is 0 Å². The summed E-state index contributed by atoms with van der Waals surface area (Å²) >= 11 is 6.16. The molecule has 4 aromatic rings. The number of rotatable bonds is 7. The predicted molar refractivity (Wildman–Crippen MR) is 166 cm³/mol. The molecule has 0 aliphatic carbocycles. The molecule has 3 heterocycles. The smallest absolute Gasteiger partial charge is 0.238 e. The number of fused-ring (bicyclic) bond motifs is 6. The van der Waals surface area contributed by atoms with E-state index in [1.807, 2.05) is 65.7 Å². The summed E-state index contributed by atoms with van der Waals surface area (Å²) in [6.45, 7) is 4.01. The minimum absolute atomic E-state index is 0.260. The quantitative estimate of drug-likeness (QED) is 0.189. The maximum atomic E-state index is 14.9. The van der Waals surface area contributed by atoms with Crippen molar-refractivity contribution in [3.05, 3.63) is 149 Å². The van der Waals surface area contributed by atoms with Crippen molar-refractivity contribution in [2.75, 3.05) is 11.9 Å². The van der Waals surface area contributed by atoms with E-state index in [1.165, 1.54) is 0 Å². The van der Waals surface area contributed by atoms with Crippen LogP contribution in [-0.2, 0) is 10.2 Å². The molecule has 7 heteroatoms. The van der Waals surface area contributed by atoms with Gasteiger partial charge in [0.2, 0.25) is 5.91 Å². The molecule has 0 radical (unpaired) electrons. The van der Waals surface area contributed by atoms with E-state index >= 15 is 0 Å². The second-order valence-corrected chi connectivity index (χ2v) is 11.4. The Morgan fingerprint density at radius 3 is 2.35 bits per heavy atom. The van der Waals surface area contributed by atoms with E-state index in [1.54, 1.807) is 54.6 Å². The molecule has 4 atom stereocenters. The molecule has 1 N–H and O–H groups in total. The first-order valence-corrected chi connectivity index (χ1v) is 14.5. The van der Waals surface area contributed by atoms with E-state index in [-0.39, 0.29) is 17.5 Å². The van der Waals surface area contributed by atoms with Crippen LogP contribution in [0, 0.1) is 5.92 Å². The zero-order chi connectivity index (χ0) is 29.7. The van der Waals surface area contributed by atoms with Gasteiger partial charge in [-0.3, -0.25) is 14.4 Å². The molecule has 1 amide bonds. The van der Waals surface area contributed by atoms with Gasteiger partial charge in [-0.1, -0.05) is 66.7 Å². The molecule has 1 spiro atoms. The van der Waals surface area contributed by atoms with Gasteiger partial charge in [0, 0.05) is 28.0 Å². The van der Waals surface area contributed by atoms with Gasteiger partial charge in [0.1, 0.15) is 23.8 Å². The molecular formula is C36H27ClN2O4. The van der Waals surface area contributed by atoms with Crippen molar-refractivity contribution in [3.8, 4) is 5.75 Å². The molecule has 7 rings (SSSR count). The number of benzene rings is 4. The van der Waals surface area contributed by atoms with E-state index in [2.05, 4.69) is 11.9 Å². The summed E-state index contributed by atoms with van der Waals surface area (Å²) in [6.07, 6.45) is 5.45. The molecule has 0 aromatic heterocycles. The molecule has 3 aliphatic heterocycles. The summed E-state index contributed by atoms with van der Waals surface area (Å²) in [7, 11) is 0. The minimum atomic E-state index is -1.39. The van der Waals surface area contributed by atoms with Crippen LogP contribution in [0.1, 0.15) is 43.4 Å². The van der Waals surface area contributed by atoms with Gasteiger partial charge in [-0.05, 0) is 77.4 Å². The summed E-state index contributed by atoms with van der Waals surface area (Å²) in [6, 6.07) is 27.2. The maximum absolute atomic E-state index is 14.9. The van der Waals surface area contributed by atoms with Gasteiger partial charge in [-0.15, -0.1) is 0 Å². The summed E-state index contributed by atoms with van der Waals surface area (Å²) in [5.74, 6) is -1.33. The Hall–Kier alpha value is -4.94. The Morgan fingerprint density at radius 2 is 1.58 bits per heavy atom. The molecule has 0 saturated carbocycles. The number of nitrogens with zero attached hydrogens (tertiary/aromatic N) is 1. The largest absolute Gasteiger partial charge is 0.490 e. The highest BCUT2D eigenvalue weighted by Crippen LogP contribution is 2.62. The Bertz CT molecular complexity index is 1810. The first kappa shape index (κ1) is 26.9. The molecule has 43 heavy (non-hydrogen) atoms. The van der Waals surface area contributed by atoms with Gasteiger partial charge in [-0.25, -0.2) is 0 Å².